The molecular weight excluding hydrogens is 204 g/mol. The van der Waals surface area contributed by atoms with E-state index in [0.717, 1.165) is 5.69 Å². The number of primary amides is 1. The van der Waals surface area contributed by atoms with Crippen LogP contribution in [0.2, 0.25) is 0 Å². The average Bonchev–Trinajstić information content (AvgIpc) is 2.61. The predicted molar refractivity (Wildman–Crippen MR) is 63.8 cm³/mol. The van der Waals surface area contributed by atoms with E-state index in [9.17, 15) is 4.79 Å². The van der Waals surface area contributed by atoms with Crippen LogP contribution < -0.4 is 22.1 Å². The van der Waals surface area contributed by atoms with Crippen molar-refractivity contribution in [3.63, 3.8) is 0 Å². The number of anilines is 2. The largest absolute Gasteiger partial charge is 0.399 e. The molecule has 1 amide bonds. The Kier molecular flexibility index (Phi) is 2.70. The van der Waals surface area contributed by atoms with Gasteiger partial charge in [-0.2, -0.15) is 0 Å². The van der Waals surface area contributed by atoms with Gasteiger partial charge in [0.05, 0.1) is 0 Å². The van der Waals surface area contributed by atoms with Gasteiger partial charge in [0.2, 0.25) is 5.91 Å². The van der Waals surface area contributed by atoms with Gasteiger partial charge in [-0.15, -0.1) is 0 Å². The van der Waals surface area contributed by atoms with Crippen LogP contribution in [0.15, 0.2) is 24.3 Å². The van der Waals surface area contributed by atoms with E-state index in [4.69, 9.17) is 17.2 Å². The van der Waals surface area contributed by atoms with Crippen molar-refractivity contribution in [1.29, 1.82) is 0 Å². The van der Waals surface area contributed by atoms with Crippen molar-refractivity contribution in [3.8, 4) is 0 Å². The first-order valence-electron chi connectivity index (χ1n) is 5.25. The van der Waals surface area contributed by atoms with Crippen molar-refractivity contribution in [3.05, 3.63) is 24.3 Å². The fourth-order valence-electron chi connectivity index (χ4n) is 2.09. The van der Waals surface area contributed by atoms with Crippen LogP contribution in [0.1, 0.15) is 6.42 Å². The lowest BCUT2D eigenvalue weighted by molar-refractivity contribution is -0.119. The van der Waals surface area contributed by atoms with Crippen LogP contribution in [0, 0.1) is 0 Å². The quantitative estimate of drug-likeness (QED) is 0.594. The highest BCUT2D eigenvalue weighted by Gasteiger charge is 2.33. The molecule has 1 aromatic rings. The molecule has 86 valence electrons. The Bertz CT molecular complexity index is 389. The average molecular weight is 220 g/mol. The first kappa shape index (κ1) is 10.8. The molecule has 6 N–H and O–H groups in total. The summed E-state index contributed by atoms with van der Waals surface area (Å²) in [6.45, 7) is 0.650. The number of amides is 1. The van der Waals surface area contributed by atoms with Crippen molar-refractivity contribution >= 4 is 17.3 Å². The Balaban J connectivity index is 2.25. The summed E-state index contributed by atoms with van der Waals surface area (Å²) in [4.78, 5) is 13.2. The highest BCUT2D eigenvalue weighted by atomic mass is 16.1. The molecule has 2 atom stereocenters. The topological polar surface area (TPSA) is 98.4 Å². The van der Waals surface area contributed by atoms with Crippen molar-refractivity contribution in [2.24, 2.45) is 11.5 Å². The Morgan fingerprint density at radius 3 is 2.50 bits per heavy atom. The van der Waals surface area contributed by atoms with E-state index in [0.29, 0.717) is 18.7 Å². The van der Waals surface area contributed by atoms with Crippen molar-refractivity contribution < 1.29 is 4.79 Å². The summed E-state index contributed by atoms with van der Waals surface area (Å²) in [5, 5.41) is 0. The van der Waals surface area contributed by atoms with Crippen LogP contribution in [-0.4, -0.2) is 24.5 Å². The number of nitrogens with zero attached hydrogens (tertiary/aromatic N) is 1. The van der Waals surface area contributed by atoms with Crippen LogP contribution >= 0.6 is 0 Å². The van der Waals surface area contributed by atoms with E-state index in [-0.39, 0.29) is 18.0 Å². The van der Waals surface area contributed by atoms with Gasteiger partial charge in [0.1, 0.15) is 6.04 Å². The number of carbonyl (C=O) groups excluding carboxylic acids is 1. The zero-order valence-electron chi connectivity index (χ0n) is 8.97. The monoisotopic (exact) mass is 220 g/mol. The number of nitrogen functional groups attached to an aromatic ring is 1. The maximum absolute atomic E-state index is 11.3. The lowest BCUT2D eigenvalue weighted by Crippen LogP contribution is -2.40. The maximum atomic E-state index is 11.3. The molecule has 2 rings (SSSR count). The molecule has 1 saturated heterocycles. The normalized spacial score (nSPS) is 24.7. The van der Waals surface area contributed by atoms with E-state index < -0.39 is 0 Å². The van der Waals surface area contributed by atoms with Gasteiger partial charge in [0.15, 0.2) is 0 Å². The van der Waals surface area contributed by atoms with E-state index in [1.807, 2.05) is 17.0 Å². The Labute approximate surface area is 94.2 Å². The highest BCUT2D eigenvalue weighted by Crippen LogP contribution is 2.25. The van der Waals surface area contributed by atoms with Crippen molar-refractivity contribution in [1.82, 2.24) is 0 Å². The van der Waals surface area contributed by atoms with Gasteiger partial charge in [-0.1, -0.05) is 0 Å². The molecule has 1 fully saturated rings. The number of rotatable bonds is 2. The minimum atomic E-state index is -0.329. The Morgan fingerprint density at radius 1 is 1.31 bits per heavy atom. The smallest absolute Gasteiger partial charge is 0.240 e. The van der Waals surface area contributed by atoms with Gasteiger partial charge in [-0.05, 0) is 30.7 Å². The molecular formula is C11H16N4O. The Hall–Kier alpha value is -1.75. The van der Waals surface area contributed by atoms with Crippen molar-refractivity contribution in [2.45, 2.75) is 18.5 Å². The summed E-state index contributed by atoms with van der Waals surface area (Å²) in [6, 6.07) is 7.05. The second-order valence-corrected chi connectivity index (χ2v) is 4.16. The molecule has 0 spiro atoms. The molecule has 5 heteroatoms. The second-order valence-electron chi connectivity index (χ2n) is 4.16. The number of hydrogen-bond donors (Lipinski definition) is 3. The molecule has 1 heterocycles. The van der Waals surface area contributed by atoms with Crippen molar-refractivity contribution in [2.75, 3.05) is 17.2 Å². The maximum Gasteiger partial charge on any atom is 0.240 e. The third-order valence-electron chi connectivity index (χ3n) is 2.89. The molecule has 1 aromatic carbocycles. The summed E-state index contributed by atoms with van der Waals surface area (Å²) in [6.07, 6.45) is 0.611. The van der Waals surface area contributed by atoms with Crippen LogP contribution in [0.4, 0.5) is 11.4 Å². The van der Waals surface area contributed by atoms with E-state index in [1.54, 1.807) is 12.1 Å². The lowest BCUT2D eigenvalue weighted by atomic mass is 10.1. The summed E-state index contributed by atoms with van der Waals surface area (Å²) < 4.78 is 0. The van der Waals surface area contributed by atoms with Gasteiger partial charge in [-0.3, -0.25) is 4.79 Å². The zero-order valence-corrected chi connectivity index (χ0v) is 8.97. The van der Waals surface area contributed by atoms with Gasteiger partial charge < -0.3 is 22.1 Å². The third-order valence-corrected chi connectivity index (χ3v) is 2.89. The number of hydrogen-bond acceptors (Lipinski definition) is 4. The molecule has 2 unspecified atom stereocenters. The zero-order chi connectivity index (χ0) is 11.7. The fourth-order valence-corrected chi connectivity index (χ4v) is 2.09. The summed E-state index contributed by atoms with van der Waals surface area (Å²) in [5.41, 5.74) is 18.4. The fraction of sp³-hybridized carbons (Fsp3) is 0.364. The molecule has 0 radical (unpaired) electrons. The van der Waals surface area contributed by atoms with Crippen LogP contribution in [-0.2, 0) is 4.79 Å². The van der Waals surface area contributed by atoms with Gasteiger partial charge in [0, 0.05) is 24.0 Å². The first-order chi connectivity index (χ1) is 7.58. The van der Waals surface area contributed by atoms with Crippen LogP contribution in [0.3, 0.4) is 0 Å². The summed E-state index contributed by atoms with van der Waals surface area (Å²) in [7, 11) is 0. The summed E-state index contributed by atoms with van der Waals surface area (Å²) in [5.74, 6) is -0.329. The molecule has 1 aliphatic rings. The van der Waals surface area contributed by atoms with Gasteiger partial charge in [-0.25, -0.2) is 0 Å². The van der Waals surface area contributed by atoms with Gasteiger partial charge >= 0.3 is 0 Å². The second kappa shape index (κ2) is 4.02. The minimum Gasteiger partial charge on any atom is -0.399 e. The molecule has 5 nitrogen and oxygen atoms in total. The number of carbonyl (C=O) groups is 1. The molecule has 0 aliphatic carbocycles. The lowest BCUT2D eigenvalue weighted by Gasteiger charge is -2.24. The van der Waals surface area contributed by atoms with Crippen LogP contribution in [0.5, 0.6) is 0 Å². The standard InChI is InChI=1S/C11H16N4O/c12-7-1-3-9(4-2-7)15-6-8(13)5-10(15)11(14)16/h1-4,8,10H,5-6,12-13H2,(H2,14,16). The summed E-state index contributed by atoms with van der Waals surface area (Å²) >= 11 is 0. The van der Waals surface area contributed by atoms with Gasteiger partial charge in [0.25, 0.3) is 0 Å². The van der Waals surface area contributed by atoms with E-state index in [2.05, 4.69) is 0 Å². The highest BCUT2D eigenvalue weighted by molar-refractivity contribution is 5.84. The number of nitrogens with two attached hydrogens (primary N) is 3. The molecule has 0 saturated carbocycles. The Morgan fingerprint density at radius 2 is 1.94 bits per heavy atom. The molecule has 1 aliphatic heterocycles. The molecule has 0 bridgehead atoms. The third kappa shape index (κ3) is 1.94. The number of benzene rings is 1. The van der Waals surface area contributed by atoms with Crippen LogP contribution in [0.25, 0.3) is 0 Å². The molecule has 0 aromatic heterocycles. The minimum absolute atomic E-state index is 0.00458. The SMILES string of the molecule is NC(=O)C1CC(N)CN1c1ccc(N)cc1. The predicted octanol–water partition coefficient (Wildman–Crippen LogP) is -0.340. The first-order valence-corrected chi connectivity index (χ1v) is 5.25. The molecule has 16 heavy (non-hydrogen) atoms. The van der Waals surface area contributed by atoms with E-state index in [1.165, 1.54) is 0 Å². The van der Waals surface area contributed by atoms with E-state index >= 15 is 0 Å².